The number of amides is 1. The molecule has 0 heterocycles. The Morgan fingerprint density at radius 1 is 1.50 bits per heavy atom. The summed E-state index contributed by atoms with van der Waals surface area (Å²) in [7, 11) is 1.52. The van der Waals surface area contributed by atoms with Gasteiger partial charge in [0.1, 0.15) is 11.5 Å². The fourth-order valence-corrected chi connectivity index (χ4v) is 1.58. The number of methoxy groups -OCH3 is 1. The zero-order valence-corrected chi connectivity index (χ0v) is 10.9. The van der Waals surface area contributed by atoms with Crippen molar-refractivity contribution >= 4 is 11.6 Å². The maximum absolute atomic E-state index is 11.8. The van der Waals surface area contributed by atoms with E-state index in [2.05, 4.69) is 5.32 Å². The average Bonchev–Trinajstić information content (AvgIpc) is 2.31. The number of nitrogens with one attached hydrogen (secondary N) is 1. The van der Waals surface area contributed by atoms with Crippen molar-refractivity contribution in [1.82, 2.24) is 0 Å². The third kappa shape index (κ3) is 3.92. The molecule has 0 fully saturated rings. The molecule has 1 amide bonds. The summed E-state index contributed by atoms with van der Waals surface area (Å²) in [4.78, 5) is 11.8. The third-order valence-corrected chi connectivity index (χ3v) is 2.52. The Morgan fingerprint density at radius 3 is 2.72 bits per heavy atom. The monoisotopic (exact) mass is 252 g/mol. The van der Waals surface area contributed by atoms with Gasteiger partial charge >= 0.3 is 0 Å². The lowest BCUT2D eigenvalue weighted by Gasteiger charge is -2.15. The van der Waals surface area contributed by atoms with Gasteiger partial charge in [0.25, 0.3) is 0 Å². The molecule has 0 aliphatic carbocycles. The highest BCUT2D eigenvalue weighted by atomic mass is 16.5. The summed E-state index contributed by atoms with van der Waals surface area (Å²) < 4.78 is 5.02. The summed E-state index contributed by atoms with van der Waals surface area (Å²) in [6.45, 7) is 3.99. The fraction of sp³-hybridized carbons (Fsp3) is 0.462. The zero-order valence-electron chi connectivity index (χ0n) is 10.9. The lowest BCUT2D eigenvalue weighted by molar-refractivity contribution is -0.117. The van der Waals surface area contributed by atoms with Crippen LogP contribution in [0.25, 0.3) is 0 Å². The number of phenolic OH excluding ortho intramolecular Hbond substituents is 1. The second-order valence-corrected chi connectivity index (χ2v) is 4.61. The number of hydrogen-bond acceptors (Lipinski definition) is 4. The van der Waals surface area contributed by atoms with Gasteiger partial charge in [0.15, 0.2) is 0 Å². The van der Waals surface area contributed by atoms with Crippen LogP contribution in [0.2, 0.25) is 0 Å². The SMILES string of the molecule is COc1ccc(O)c(NC(=O)C(N)CC(C)C)c1. The Morgan fingerprint density at radius 2 is 2.17 bits per heavy atom. The van der Waals surface area contributed by atoms with E-state index in [4.69, 9.17) is 10.5 Å². The minimum atomic E-state index is -0.587. The molecule has 0 aliphatic rings. The predicted octanol–water partition coefficient (Wildman–Crippen LogP) is 1.71. The second-order valence-electron chi connectivity index (χ2n) is 4.61. The van der Waals surface area contributed by atoms with E-state index in [0.717, 1.165) is 0 Å². The highest BCUT2D eigenvalue weighted by Gasteiger charge is 2.16. The molecule has 0 radical (unpaired) electrons. The molecule has 1 aromatic carbocycles. The highest BCUT2D eigenvalue weighted by molar-refractivity contribution is 5.96. The lowest BCUT2D eigenvalue weighted by atomic mass is 10.0. The molecule has 0 aromatic heterocycles. The summed E-state index contributed by atoms with van der Waals surface area (Å²) in [6.07, 6.45) is 0.594. The Balaban J connectivity index is 2.74. The number of carbonyl (C=O) groups is 1. The average molecular weight is 252 g/mol. The molecular weight excluding hydrogens is 232 g/mol. The minimum absolute atomic E-state index is 0.0131. The molecular formula is C13H20N2O3. The van der Waals surface area contributed by atoms with Gasteiger partial charge in [0, 0.05) is 6.07 Å². The first-order valence-electron chi connectivity index (χ1n) is 5.87. The predicted molar refractivity (Wildman–Crippen MR) is 70.7 cm³/mol. The molecule has 0 spiro atoms. The summed E-state index contributed by atoms with van der Waals surface area (Å²) >= 11 is 0. The molecule has 4 N–H and O–H groups in total. The van der Waals surface area contributed by atoms with E-state index in [1.54, 1.807) is 12.1 Å². The standard InChI is InChI=1S/C13H20N2O3/c1-8(2)6-10(14)13(17)15-11-7-9(18-3)4-5-12(11)16/h4-5,7-8,10,16H,6,14H2,1-3H3,(H,15,17). The van der Waals surface area contributed by atoms with E-state index in [1.165, 1.54) is 13.2 Å². The van der Waals surface area contributed by atoms with E-state index >= 15 is 0 Å². The number of rotatable bonds is 5. The van der Waals surface area contributed by atoms with Gasteiger partial charge in [0.2, 0.25) is 5.91 Å². The first-order valence-corrected chi connectivity index (χ1v) is 5.87. The number of benzene rings is 1. The van der Waals surface area contributed by atoms with Crippen molar-refractivity contribution in [1.29, 1.82) is 0 Å². The van der Waals surface area contributed by atoms with Crippen molar-refractivity contribution in [3.63, 3.8) is 0 Å². The summed E-state index contributed by atoms with van der Waals surface area (Å²) in [6, 6.07) is 4.03. The van der Waals surface area contributed by atoms with Crippen molar-refractivity contribution in [2.75, 3.05) is 12.4 Å². The van der Waals surface area contributed by atoms with Gasteiger partial charge in [-0.1, -0.05) is 13.8 Å². The Kier molecular flexibility index (Phi) is 4.97. The van der Waals surface area contributed by atoms with Gasteiger partial charge in [-0.05, 0) is 24.5 Å². The maximum atomic E-state index is 11.8. The van der Waals surface area contributed by atoms with Crippen LogP contribution in [0.3, 0.4) is 0 Å². The lowest BCUT2D eigenvalue weighted by Crippen LogP contribution is -2.36. The number of nitrogens with two attached hydrogens (primary N) is 1. The van der Waals surface area contributed by atoms with Crippen molar-refractivity contribution in [3.05, 3.63) is 18.2 Å². The molecule has 0 bridgehead atoms. The molecule has 0 saturated heterocycles. The Labute approximate surface area is 107 Å². The molecule has 1 atom stereocenters. The molecule has 1 aromatic rings. The maximum Gasteiger partial charge on any atom is 0.241 e. The van der Waals surface area contributed by atoms with Gasteiger partial charge in [-0.25, -0.2) is 0 Å². The van der Waals surface area contributed by atoms with Crippen molar-refractivity contribution < 1.29 is 14.6 Å². The number of anilines is 1. The van der Waals surface area contributed by atoms with Crippen LogP contribution in [-0.4, -0.2) is 24.2 Å². The van der Waals surface area contributed by atoms with Crippen LogP contribution in [0.1, 0.15) is 20.3 Å². The topological polar surface area (TPSA) is 84.6 Å². The Hall–Kier alpha value is -1.75. The second kappa shape index (κ2) is 6.26. The van der Waals surface area contributed by atoms with E-state index < -0.39 is 6.04 Å². The molecule has 0 saturated carbocycles. The van der Waals surface area contributed by atoms with Crippen molar-refractivity contribution in [3.8, 4) is 11.5 Å². The van der Waals surface area contributed by atoms with Crippen LogP contribution in [-0.2, 0) is 4.79 Å². The first kappa shape index (κ1) is 14.3. The number of aromatic hydroxyl groups is 1. The molecule has 1 rings (SSSR count). The Bertz CT molecular complexity index is 419. The van der Waals surface area contributed by atoms with Crippen LogP contribution >= 0.6 is 0 Å². The van der Waals surface area contributed by atoms with E-state index in [0.29, 0.717) is 23.8 Å². The third-order valence-electron chi connectivity index (χ3n) is 2.52. The summed E-state index contributed by atoms with van der Waals surface area (Å²) in [5, 5.41) is 12.2. The van der Waals surface area contributed by atoms with Gasteiger partial charge < -0.3 is 20.9 Å². The van der Waals surface area contributed by atoms with Gasteiger partial charge in [-0.3, -0.25) is 4.79 Å². The van der Waals surface area contributed by atoms with Crippen molar-refractivity contribution in [2.24, 2.45) is 11.7 Å². The van der Waals surface area contributed by atoms with Gasteiger partial charge in [0.05, 0.1) is 18.8 Å². The van der Waals surface area contributed by atoms with Crippen LogP contribution in [0.5, 0.6) is 11.5 Å². The highest BCUT2D eigenvalue weighted by Crippen LogP contribution is 2.27. The zero-order chi connectivity index (χ0) is 13.7. The number of carbonyl (C=O) groups excluding carboxylic acids is 1. The van der Waals surface area contributed by atoms with Crippen LogP contribution < -0.4 is 15.8 Å². The van der Waals surface area contributed by atoms with E-state index in [9.17, 15) is 9.90 Å². The fourth-order valence-electron chi connectivity index (χ4n) is 1.58. The molecule has 5 heteroatoms. The number of phenols is 1. The van der Waals surface area contributed by atoms with E-state index in [-0.39, 0.29) is 11.7 Å². The van der Waals surface area contributed by atoms with E-state index in [1.807, 2.05) is 13.8 Å². The van der Waals surface area contributed by atoms with Crippen LogP contribution in [0.15, 0.2) is 18.2 Å². The molecule has 0 aliphatic heterocycles. The first-order chi connectivity index (χ1) is 8.43. The minimum Gasteiger partial charge on any atom is -0.506 e. The smallest absolute Gasteiger partial charge is 0.241 e. The normalized spacial score (nSPS) is 12.3. The van der Waals surface area contributed by atoms with Gasteiger partial charge in [-0.2, -0.15) is 0 Å². The van der Waals surface area contributed by atoms with Crippen molar-refractivity contribution in [2.45, 2.75) is 26.3 Å². The molecule has 1 unspecified atom stereocenters. The summed E-state index contributed by atoms with van der Waals surface area (Å²) in [5.41, 5.74) is 6.07. The summed E-state index contributed by atoms with van der Waals surface area (Å²) in [5.74, 6) is 0.568. The molecule has 18 heavy (non-hydrogen) atoms. The van der Waals surface area contributed by atoms with Crippen LogP contribution in [0.4, 0.5) is 5.69 Å². The number of hydrogen-bond donors (Lipinski definition) is 3. The van der Waals surface area contributed by atoms with Crippen LogP contribution in [0, 0.1) is 5.92 Å². The molecule has 100 valence electrons. The quantitative estimate of drug-likeness (QED) is 0.696. The van der Waals surface area contributed by atoms with Gasteiger partial charge in [-0.15, -0.1) is 0 Å². The number of ether oxygens (including phenoxy) is 1. The molecule has 5 nitrogen and oxygen atoms in total. The largest absolute Gasteiger partial charge is 0.506 e.